The Morgan fingerprint density at radius 2 is 2.05 bits per heavy atom. The molecule has 128 valence electrons. The molecule has 3 N–H and O–H groups in total. The Labute approximate surface area is 134 Å². The molecule has 0 bridgehead atoms. The molecule has 0 aromatic carbocycles. The maximum atomic E-state index is 12.2. The zero-order chi connectivity index (χ0) is 16.2. The molecule has 1 aliphatic carbocycles. The summed E-state index contributed by atoms with van der Waals surface area (Å²) in [4.78, 5) is 14.0. The van der Waals surface area contributed by atoms with Crippen LogP contribution in [0, 0.1) is 5.92 Å². The molecule has 3 unspecified atom stereocenters. The lowest BCUT2D eigenvalue weighted by atomic mass is 9.90. The maximum absolute atomic E-state index is 12.2. The lowest BCUT2D eigenvalue weighted by Crippen LogP contribution is -2.47. The van der Waals surface area contributed by atoms with Gasteiger partial charge in [0.1, 0.15) is 5.60 Å². The fourth-order valence-electron chi connectivity index (χ4n) is 3.47. The molecule has 0 spiro atoms. The van der Waals surface area contributed by atoms with Gasteiger partial charge in [-0.15, -0.1) is 0 Å². The van der Waals surface area contributed by atoms with Crippen LogP contribution in [0.5, 0.6) is 0 Å². The fraction of sp³-hybridized carbons (Fsp3) is 0.941. The Balaban J connectivity index is 1.74. The second kappa shape index (κ2) is 7.64. The largest absolute Gasteiger partial charge is 0.444 e. The Morgan fingerprint density at radius 3 is 2.73 bits per heavy atom. The molecule has 2 rings (SSSR count). The fourth-order valence-corrected chi connectivity index (χ4v) is 3.47. The molecule has 0 aromatic rings. The third-order valence-corrected chi connectivity index (χ3v) is 4.58. The van der Waals surface area contributed by atoms with Crippen molar-refractivity contribution in [1.82, 2.24) is 10.2 Å². The molecular weight excluding hydrogens is 278 g/mol. The van der Waals surface area contributed by atoms with Gasteiger partial charge in [-0.2, -0.15) is 0 Å². The molecule has 2 aliphatic rings. The highest BCUT2D eigenvalue weighted by Gasteiger charge is 2.28. The number of rotatable bonds is 3. The molecule has 22 heavy (non-hydrogen) atoms. The molecule has 1 aliphatic heterocycles. The highest BCUT2D eigenvalue weighted by molar-refractivity contribution is 5.68. The second-order valence-corrected chi connectivity index (χ2v) is 7.97. The van der Waals surface area contributed by atoms with Gasteiger partial charge in [0.25, 0.3) is 0 Å². The first-order valence-corrected chi connectivity index (χ1v) is 8.80. The number of ether oxygens (including phenoxy) is 1. The van der Waals surface area contributed by atoms with Crippen molar-refractivity contribution in [2.45, 2.75) is 77.0 Å². The Bertz CT molecular complexity index is 367. The summed E-state index contributed by atoms with van der Waals surface area (Å²) in [5.41, 5.74) is 5.63. The van der Waals surface area contributed by atoms with Crippen LogP contribution in [0.15, 0.2) is 0 Å². The van der Waals surface area contributed by atoms with E-state index >= 15 is 0 Å². The van der Waals surface area contributed by atoms with Crippen molar-refractivity contribution in [2.75, 3.05) is 19.6 Å². The topological polar surface area (TPSA) is 67.6 Å². The van der Waals surface area contributed by atoms with Gasteiger partial charge in [0.2, 0.25) is 0 Å². The van der Waals surface area contributed by atoms with E-state index in [2.05, 4.69) is 5.32 Å². The average molecular weight is 311 g/mol. The monoisotopic (exact) mass is 311 g/mol. The number of likely N-dealkylation sites (tertiary alicyclic amines) is 1. The second-order valence-electron chi connectivity index (χ2n) is 7.97. The maximum Gasteiger partial charge on any atom is 0.410 e. The van der Waals surface area contributed by atoms with Gasteiger partial charge in [-0.25, -0.2) is 4.79 Å². The van der Waals surface area contributed by atoms with Crippen LogP contribution in [-0.4, -0.2) is 48.3 Å². The summed E-state index contributed by atoms with van der Waals surface area (Å²) in [6.45, 7) is 8.36. The predicted molar refractivity (Wildman–Crippen MR) is 88.8 cm³/mol. The van der Waals surface area contributed by atoms with Gasteiger partial charge in [-0.3, -0.25) is 0 Å². The van der Waals surface area contributed by atoms with Crippen molar-refractivity contribution >= 4 is 6.09 Å². The van der Waals surface area contributed by atoms with Crippen molar-refractivity contribution in [2.24, 2.45) is 11.7 Å². The van der Waals surface area contributed by atoms with E-state index in [0.717, 1.165) is 38.9 Å². The number of nitrogens with two attached hydrogens (primary N) is 1. The van der Waals surface area contributed by atoms with Gasteiger partial charge in [-0.05, 0) is 65.3 Å². The molecule has 0 radical (unpaired) electrons. The van der Waals surface area contributed by atoms with Gasteiger partial charge in [0.15, 0.2) is 0 Å². The quantitative estimate of drug-likeness (QED) is 0.840. The Hall–Kier alpha value is -0.810. The van der Waals surface area contributed by atoms with E-state index in [9.17, 15) is 4.79 Å². The molecule has 1 heterocycles. The summed E-state index contributed by atoms with van der Waals surface area (Å²) in [6, 6.07) is 0.913. The summed E-state index contributed by atoms with van der Waals surface area (Å²) in [5.74, 6) is 0.527. The lowest BCUT2D eigenvalue weighted by Gasteiger charge is -2.35. The number of piperidine rings is 1. The van der Waals surface area contributed by atoms with Crippen LogP contribution in [0.3, 0.4) is 0 Å². The highest BCUT2D eigenvalue weighted by Crippen LogP contribution is 2.21. The zero-order valence-electron chi connectivity index (χ0n) is 14.4. The van der Waals surface area contributed by atoms with E-state index < -0.39 is 5.60 Å². The van der Waals surface area contributed by atoms with E-state index in [0.29, 0.717) is 18.0 Å². The van der Waals surface area contributed by atoms with Gasteiger partial charge >= 0.3 is 6.09 Å². The smallest absolute Gasteiger partial charge is 0.410 e. The molecule has 1 saturated heterocycles. The van der Waals surface area contributed by atoms with Gasteiger partial charge in [0.05, 0.1) is 0 Å². The van der Waals surface area contributed by atoms with Crippen LogP contribution < -0.4 is 11.1 Å². The van der Waals surface area contributed by atoms with Crippen LogP contribution >= 0.6 is 0 Å². The molecule has 1 amide bonds. The van der Waals surface area contributed by atoms with Crippen molar-refractivity contribution in [1.29, 1.82) is 0 Å². The Morgan fingerprint density at radius 1 is 1.27 bits per heavy atom. The highest BCUT2D eigenvalue weighted by atomic mass is 16.6. The molecule has 5 nitrogen and oxygen atoms in total. The van der Waals surface area contributed by atoms with Crippen LogP contribution in [-0.2, 0) is 4.74 Å². The Kier molecular flexibility index (Phi) is 6.09. The normalized spacial score (nSPS) is 30.2. The minimum atomic E-state index is -0.416. The van der Waals surface area contributed by atoms with Crippen molar-refractivity contribution < 1.29 is 9.53 Å². The van der Waals surface area contributed by atoms with E-state index in [1.165, 1.54) is 19.3 Å². The minimum absolute atomic E-state index is 0.170. The first kappa shape index (κ1) is 17.5. The standard InChI is InChI=1S/C17H33N3O2/c1-17(2,3)22-16(21)20-9-5-6-13(12-20)11-19-15-8-4-7-14(18)10-15/h13-15,19H,4-12,18H2,1-3H3. The van der Waals surface area contributed by atoms with Gasteiger partial charge in [-0.1, -0.05) is 6.42 Å². The summed E-state index contributed by atoms with van der Waals surface area (Å²) in [6.07, 6.45) is 6.79. The van der Waals surface area contributed by atoms with E-state index in [1.807, 2.05) is 25.7 Å². The third kappa shape index (κ3) is 5.76. The number of carbonyl (C=O) groups is 1. The summed E-state index contributed by atoms with van der Waals surface area (Å²) < 4.78 is 5.48. The molecular formula is C17H33N3O2. The SMILES string of the molecule is CC(C)(C)OC(=O)N1CCCC(CNC2CCCC(N)C2)C1. The third-order valence-electron chi connectivity index (χ3n) is 4.58. The average Bonchev–Trinajstić information content (AvgIpc) is 2.44. The predicted octanol–water partition coefficient (Wildman–Crippen LogP) is 2.49. The van der Waals surface area contributed by atoms with E-state index in [1.54, 1.807) is 0 Å². The first-order chi connectivity index (χ1) is 10.3. The van der Waals surface area contributed by atoms with Crippen molar-refractivity contribution in [3.05, 3.63) is 0 Å². The molecule has 3 atom stereocenters. The number of nitrogens with one attached hydrogen (secondary N) is 1. The van der Waals surface area contributed by atoms with E-state index in [-0.39, 0.29) is 6.09 Å². The van der Waals surface area contributed by atoms with Crippen LogP contribution in [0.1, 0.15) is 59.3 Å². The van der Waals surface area contributed by atoms with Crippen LogP contribution in [0.4, 0.5) is 4.79 Å². The van der Waals surface area contributed by atoms with E-state index in [4.69, 9.17) is 10.5 Å². The molecule has 0 aromatic heterocycles. The van der Waals surface area contributed by atoms with Crippen LogP contribution in [0.2, 0.25) is 0 Å². The molecule has 2 fully saturated rings. The number of carbonyl (C=O) groups excluding carboxylic acids is 1. The number of hydrogen-bond donors (Lipinski definition) is 2. The first-order valence-electron chi connectivity index (χ1n) is 8.80. The van der Waals surface area contributed by atoms with Gasteiger partial charge in [0, 0.05) is 25.2 Å². The molecule has 1 saturated carbocycles. The van der Waals surface area contributed by atoms with Gasteiger partial charge < -0.3 is 20.7 Å². The number of nitrogens with zero attached hydrogens (tertiary/aromatic N) is 1. The number of hydrogen-bond acceptors (Lipinski definition) is 4. The lowest BCUT2D eigenvalue weighted by molar-refractivity contribution is 0.0165. The minimum Gasteiger partial charge on any atom is -0.444 e. The number of amides is 1. The summed E-state index contributed by atoms with van der Waals surface area (Å²) in [5, 5.41) is 3.67. The van der Waals surface area contributed by atoms with Crippen molar-refractivity contribution in [3.63, 3.8) is 0 Å². The summed E-state index contributed by atoms with van der Waals surface area (Å²) >= 11 is 0. The molecule has 5 heteroatoms. The zero-order valence-corrected chi connectivity index (χ0v) is 14.4. The summed E-state index contributed by atoms with van der Waals surface area (Å²) in [7, 11) is 0. The van der Waals surface area contributed by atoms with Crippen molar-refractivity contribution in [3.8, 4) is 0 Å². The van der Waals surface area contributed by atoms with Crippen LogP contribution in [0.25, 0.3) is 0 Å².